The molecular weight excluding hydrogens is 232 g/mol. The van der Waals surface area contributed by atoms with Gasteiger partial charge < -0.3 is 10.6 Å². The first-order valence-corrected chi connectivity index (χ1v) is 6.19. The number of carbonyl (C=O) groups excluding carboxylic acids is 1. The summed E-state index contributed by atoms with van der Waals surface area (Å²) in [6.45, 7) is 0. The fourth-order valence-electron chi connectivity index (χ4n) is 1.56. The maximum absolute atomic E-state index is 12.0. The van der Waals surface area contributed by atoms with Crippen LogP contribution in [-0.2, 0) is 11.2 Å². The molecule has 0 bridgehead atoms. The lowest BCUT2D eigenvalue weighted by atomic mass is 10.2. The topological polar surface area (TPSA) is 46.3 Å². The third-order valence-electron chi connectivity index (χ3n) is 2.54. The molecule has 17 heavy (non-hydrogen) atoms. The Bertz CT molecular complexity index is 508. The largest absolute Gasteiger partial charge is 0.399 e. The lowest BCUT2D eigenvalue weighted by Crippen LogP contribution is -2.27. The SMILES string of the molecule is CN(C(=O)Cc1cccs1)c1cccc(N)c1. The number of hydrogen-bond donors (Lipinski definition) is 1. The summed E-state index contributed by atoms with van der Waals surface area (Å²) in [5, 5.41) is 1.98. The second-order valence-electron chi connectivity index (χ2n) is 3.80. The Morgan fingerprint density at radius 2 is 2.18 bits per heavy atom. The number of hydrogen-bond acceptors (Lipinski definition) is 3. The summed E-state index contributed by atoms with van der Waals surface area (Å²) in [4.78, 5) is 14.7. The number of amides is 1. The Hall–Kier alpha value is -1.81. The van der Waals surface area contributed by atoms with Gasteiger partial charge in [-0.25, -0.2) is 0 Å². The molecule has 4 heteroatoms. The van der Waals surface area contributed by atoms with Crippen molar-refractivity contribution in [1.82, 2.24) is 0 Å². The number of nitrogens with zero attached hydrogens (tertiary/aromatic N) is 1. The van der Waals surface area contributed by atoms with Crippen molar-refractivity contribution in [3.8, 4) is 0 Å². The predicted molar refractivity (Wildman–Crippen MR) is 72.3 cm³/mol. The molecule has 0 aliphatic carbocycles. The number of nitrogens with two attached hydrogens (primary N) is 1. The van der Waals surface area contributed by atoms with Crippen LogP contribution in [0.25, 0.3) is 0 Å². The molecule has 3 nitrogen and oxygen atoms in total. The number of carbonyl (C=O) groups is 1. The molecular formula is C13H14N2OS. The molecule has 0 atom stereocenters. The van der Waals surface area contributed by atoms with E-state index in [-0.39, 0.29) is 5.91 Å². The van der Waals surface area contributed by atoms with Crippen molar-refractivity contribution in [3.05, 3.63) is 46.7 Å². The molecule has 1 heterocycles. The van der Waals surface area contributed by atoms with Gasteiger partial charge in [0.1, 0.15) is 0 Å². The zero-order chi connectivity index (χ0) is 12.3. The summed E-state index contributed by atoms with van der Waals surface area (Å²) in [7, 11) is 1.77. The van der Waals surface area contributed by atoms with Gasteiger partial charge in [0.15, 0.2) is 0 Å². The summed E-state index contributed by atoms with van der Waals surface area (Å²) < 4.78 is 0. The van der Waals surface area contributed by atoms with E-state index in [4.69, 9.17) is 5.73 Å². The Labute approximate surface area is 104 Å². The normalized spacial score (nSPS) is 10.2. The number of anilines is 2. The highest BCUT2D eigenvalue weighted by atomic mass is 32.1. The van der Waals surface area contributed by atoms with Crippen LogP contribution in [0.5, 0.6) is 0 Å². The molecule has 0 saturated heterocycles. The predicted octanol–water partition coefficient (Wildman–Crippen LogP) is 2.54. The maximum Gasteiger partial charge on any atom is 0.231 e. The van der Waals surface area contributed by atoms with Crippen LogP contribution in [0.3, 0.4) is 0 Å². The lowest BCUT2D eigenvalue weighted by molar-refractivity contribution is -0.117. The first kappa shape index (κ1) is 11.7. The standard InChI is InChI=1S/C13H14N2OS/c1-15(11-5-2-4-10(14)8-11)13(16)9-12-6-3-7-17-12/h2-8H,9,14H2,1H3. The van der Waals surface area contributed by atoms with Crippen LogP contribution in [0.2, 0.25) is 0 Å². The van der Waals surface area contributed by atoms with Gasteiger partial charge in [-0.1, -0.05) is 12.1 Å². The summed E-state index contributed by atoms with van der Waals surface area (Å²) >= 11 is 1.59. The van der Waals surface area contributed by atoms with Crippen molar-refractivity contribution in [1.29, 1.82) is 0 Å². The maximum atomic E-state index is 12.0. The molecule has 0 aliphatic heterocycles. The van der Waals surface area contributed by atoms with Crippen molar-refractivity contribution in [2.75, 3.05) is 17.7 Å². The molecule has 2 rings (SSSR count). The van der Waals surface area contributed by atoms with Gasteiger partial charge in [0.25, 0.3) is 0 Å². The van der Waals surface area contributed by atoms with Gasteiger partial charge in [0.2, 0.25) is 5.91 Å². The van der Waals surface area contributed by atoms with Gasteiger partial charge in [-0.3, -0.25) is 4.79 Å². The fraction of sp³-hybridized carbons (Fsp3) is 0.154. The van der Waals surface area contributed by atoms with Crippen molar-refractivity contribution in [2.45, 2.75) is 6.42 Å². The lowest BCUT2D eigenvalue weighted by Gasteiger charge is -2.17. The van der Waals surface area contributed by atoms with E-state index in [2.05, 4.69) is 0 Å². The zero-order valence-corrected chi connectivity index (χ0v) is 10.4. The molecule has 0 spiro atoms. The summed E-state index contributed by atoms with van der Waals surface area (Å²) in [6, 6.07) is 11.2. The van der Waals surface area contributed by atoms with Crippen molar-refractivity contribution in [3.63, 3.8) is 0 Å². The third kappa shape index (κ3) is 2.85. The highest BCUT2D eigenvalue weighted by Gasteiger charge is 2.12. The van der Waals surface area contributed by atoms with Crippen LogP contribution in [0.1, 0.15) is 4.88 Å². The third-order valence-corrected chi connectivity index (χ3v) is 3.41. The molecule has 1 aromatic carbocycles. The van der Waals surface area contributed by atoms with Crippen LogP contribution in [0.4, 0.5) is 11.4 Å². The van der Waals surface area contributed by atoms with Crippen LogP contribution < -0.4 is 10.6 Å². The Morgan fingerprint density at radius 3 is 2.82 bits per heavy atom. The van der Waals surface area contributed by atoms with Gasteiger partial charge in [-0.05, 0) is 29.6 Å². The van der Waals surface area contributed by atoms with Crippen LogP contribution in [-0.4, -0.2) is 13.0 Å². The minimum absolute atomic E-state index is 0.0676. The van der Waals surface area contributed by atoms with Gasteiger partial charge in [-0.15, -0.1) is 11.3 Å². The molecule has 2 N–H and O–H groups in total. The van der Waals surface area contributed by atoms with Crippen molar-refractivity contribution < 1.29 is 4.79 Å². The number of rotatable bonds is 3. The Balaban J connectivity index is 2.09. The fourth-order valence-corrected chi connectivity index (χ4v) is 2.25. The Morgan fingerprint density at radius 1 is 1.35 bits per heavy atom. The van der Waals surface area contributed by atoms with Gasteiger partial charge in [0.05, 0.1) is 6.42 Å². The molecule has 88 valence electrons. The van der Waals surface area contributed by atoms with E-state index < -0.39 is 0 Å². The number of benzene rings is 1. The smallest absolute Gasteiger partial charge is 0.231 e. The molecule has 0 fully saturated rings. The minimum Gasteiger partial charge on any atom is -0.399 e. The van der Waals surface area contributed by atoms with E-state index in [0.717, 1.165) is 10.6 Å². The second kappa shape index (κ2) is 5.01. The molecule has 0 radical (unpaired) electrons. The van der Waals surface area contributed by atoms with Crippen LogP contribution >= 0.6 is 11.3 Å². The second-order valence-corrected chi connectivity index (χ2v) is 4.84. The monoisotopic (exact) mass is 246 g/mol. The van der Waals surface area contributed by atoms with Gasteiger partial charge in [-0.2, -0.15) is 0 Å². The quantitative estimate of drug-likeness (QED) is 0.846. The summed E-state index contributed by atoms with van der Waals surface area (Å²) in [5.41, 5.74) is 7.19. The van der Waals surface area contributed by atoms with E-state index in [1.807, 2.05) is 29.6 Å². The molecule has 1 amide bonds. The van der Waals surface area contributed by atoms with E-state index >= 15 is 0 Å². The van der Waals surface area contributed by atoms with Gasteiger partial charge in [0, 0.05) is 23.3 Å². The molecule has 0 aliphatic rings. The number of likely N-dealkylation sites (N-methyl/N-ethyl adjacent to an activating group) is 1. The summed E-state index contributed by atoms with van der Waals surface area (Å²) in [6.07, 6.45) is 0.433. The molecule has 0 saturated carbocycles. The van der Waals surface area contributed by atoms with Gasteiger partial charge >= 0.3 is 0 Å². The van der Waals surface area contributed by atoms with E-state index in [1.165, 1.54) is 0 Å². The molecule has 0 unspecified atom stereocenters. The average Bonchev–Trinajstić information content (AvgIpc) is 2.80. The van der Waals surface area contributed by atoms with Crippen molar-refractivity contribution in [2.24, 2.45) is 0 Å². The van der Waals surface area contributed by atoms with Crippen LogP contribution in [0, 0.1) is 0 Å². The molecule has 1 aromatic heterocycles. The van der Waals surface area contributed by atoms with E-state index in [9.17, 15) is 4.79 Å². The first-order chi connectivity index (χ1) is 8.16. The highest BCUT2D eigenvalue weighted by Crippen LogP contribution is 2.18. The van der Waals surface area contributed by atoms with Crippen molar-refractivity contribution >= 4 is 28.6 Å². The van der Waals surface area contributed by atoms with Crippen LogP contribution in [0.15, 0.2) is 41.8 Å². The number of thiophene rings is 1. The zero-order valence-electron chi connectivity index (χ0n) is 9.59. The molecule has 2 aromatic rings. The van der Waals surface area contributed by atoms with E-state index in [1.54, 1.807) is 35.4 Å². The first-order valence-electron chi connectivity index (χ1n) is 5.31. The summed E-state index contributed by atoms with van der Waals surface area (Å²) in [5.74, 6) is 0.0676. The minimum atomic E-state index is 0.0676. The highest BCUT2D eigenvalue weighted by molar-refractivity contribution is 7.10. The van der Waals surface area contributed by atoms with E-state index in [0.29, 0.717) is 12.1 Å². The average molecular weight is 246 g/mol. The Kier molecular flexibility index (Phi) is 3.44. The number of nitrogen functional groups attached to an aromatic ring is 1.